The molecule has 1 aliphatic carbocycles. The lowest BCUT2D eigenvalue weighted by molar-refractivity contribution is -0.117. The second-order valence-corrected chi connectivity index (χ2v) is 6.42. The summed E-state index contributed by atoms with van der Waals surface area (Å²) in [4.78, 5) is 23.9. The average Bonchev–Trinajstić information content (AvgIpc) is 3.45. The zero-order valence-corrected chi connectivity index (χ0v) is 14.2. The molecular weight excluding hydrogens is 316 g/mol. The van der Waals surface area contributed by atoms with Gasteiger partial charge in [-0.3, -0.25) is 9.59 Å². The Morgan fingerprint density at radius 1 is 1.12 bits per heavy atom. The maximum Gasteiger partial charge on any atom is 0.251 e. The van der Waals surface area contributed by atoms with Crippen LogP contribution in [0.15, 0.2) is 48.5 Å². The molecule has 5 nitrogen and oxygen atoms in total. The number of aryl methyl sites for hydroxylation is 1. The molecule has 3 rings (SSSR count). The molecule has 2 amide bonds. The number of carbonyl (C=O) groups is 2. The number of amides is 2. The molecule has 1 unspecified atom stereocenters. The highest BCUT2D eigenvalue weighted by atomic mass is 16.3. The molecule has 2 aromatic carbocycles. The molecule has 0 bridgehead atoms. The van der Waals surface area contributed by atoms with Crippen molar-refractivity contribution in [2.75, 3.05) is 11.9 Å². The second kappa shape index (κ2) is 7.49. The van der Waals surface area contributed by atoms with Gasteiger partial charge in [-0.25, -0.2) is 0 Å². The third-order valence-corrected chi connectivity index (χ3v) is 4.37. The smallest absolute Gasteiger partial charge is 0.251 e. The molecule has 0 aliphatic heterocycles. The molecule has 0 saturated heterocycles. The SMILES string of the molecule is Cc1ccccc1C(O)CNC(=O)c1ccc(NC(=O)C2CC2)cc1. The van der Waals surface area contributed by atoms with Crippen LogP contribution in [0.3, 0.4) is 0 Å². The number of anilines is 1. The predicted molar refractivity (Wildman–Crippen MR) is 96.3 cm³/mol. The standard InChI is InChI=1S/C20H22N2O3/c1-13-4-2-3-5-17(13)18(23)12-21-19(24)14-8-10-16(11-9-14)22-20(25)15-6-7-15/h2-5,8-11,15,18,23H,6-7,12H2,1H3,(H,21,24)(H,22,25). The Morgan fingerprint density at radius 2 is 1.80 bits per heavy atom. The van der Waals surface area contributed by atoms with Gasteiger partial charge in [0.1, 0.15) is 0 Å². The van der Waals surface area contributed by atoms with E-state index in [1.165, 1.54) is 0 Å². The van der Waals surface area contributed by atoms with E-state index in [-0.39, 0.29) is 24.3 Å². The number of rotatable bonds is 6. The Labute approximate surface area is 147 Å². The third-order valence-electron chi connectivity index (χ3n) is 4.37. The van der Waals surface area contributed by atoms with Crippen molar-refractivity contribution in [1.82, 2.24) is 5.32 Å². The highest BCUT2D eigenvalue weighted by Crippen LogP contribution is 2.30. The van der Waals surface area contributed by atoms with Crippen LogP contribution in [-0.4, -0.2) is 23.5 Å². The average molecular weight is 338 g/mol. The normalized spacial score (nSPS) is 14.6. The van der Waals surface area contributed by atoms with Gasteiger partial charge in [-0.1, -0.05) is 24.3 Å². The summed E-state index contributed by atoms with van der Waals surface area (Å²) in [5.41, 5.74) is 2.97. The fraction of sp³-hybridized carbons (Fsp3) is 0.300. The maximum absolute atomic E-state index is 12.2. The van der Waals surface area contributed by atoms with Crippen LogP contribution >= 0.6 is 0 Å². The van der Waals surface area contributed by atoms with Crippen LogP contribution in [0.2, 0.25) is 0 Å². The van der Waals surface area contributed by atoms with Gasteiger partial charge in [-0.05, 0) is 55.2 Å². The maximum atomic E-state index is 12.2. The van der Waals surface area contributed by atoms with Crippen molar-refractivity contribution >= 4 is 17.5 Å². The number of aliphatic hydroxyl groups excluding tert-OH is 1. The second-order valence-electron chi connectivity index (χ2n) is 6.42. The summed E-state index contributed by atoms with van der Waals surface area (Å²) in [6, 6.07) is 14.3. The molecule has 130 valence electrons. The minimum absolute atomic E-state index is 0.0403. The van der Waals surface area contributed by atoms with Crippen LogP contribution in [0.5, 0.6) is 0 Å². The Morgan fingerprint density at radius 3 is 2.44 bits per heavy atom. The van der Waals surface area contributed by atoms with E-state index in [1.807, 2.05) is 31.2 Å². The Balaban J connectivity index is 1.54. The van der Waals surface area contributed by atoms with Crippen molar-refractivity contribution in [2.24, 2.45) is 5.92 Å². The molecule has 1 aliphatic rings. The van der Waals surface area contributed by atoms with Gasteiger partial charge < -0.3 is 15.7 Å². The fourth-order valence-corrected chi connectivity index (χ4v) is 2.66. The van der Waals surface area contributed by atoms with Crippen molar-refractivity contribution in [3.05, 3.63) is 65.2 Å². The van der Waals surface area contributed by atoms with Crippen LogP contribution in [0.25, 0.3) is 0 Å². The molecule has 0 heterocycles. The lowest BCUT2D eigenvalue weighted by Crippen LogP contribution is -2.28. The van der Waals surface area contributed by atoms with E-state index >= 15 is 0 Å². The number of nitrogens with one attached hydrogen (secondary N) is 2. The third kappa shape index (κ3) is 4.45. The van der Waals surface area contributed by atoms with Crippen LogP contribution in [0.4, 0.5) is 5.69 Å². The van der Waals surface area contributed by atoms with Gasteiger partial charge in [0.25, 0.3) is 5.91 Å². The first kappa shape index (κ1) is 17.2. The van der Waals surface area contributed by atoms with Gasteiger partial charge in [0.15, 0.2) is 0 Å². The molecule has 1 fully saturated rings. The van der Waals surface area contributed by atoms with E-state index in [4.69, 9.17) is 0 Å². The molecule has 25 heavy (non-hydrogen) atoms. The summed E-state index contributed by atoms with van der Waals surface area (Å²) in [5, 5.41) is 15.8. The molecule has 5 heteroatoms. The number of hydrogen-bond acceptors (Lipinski definition) is 3. The molecule has 3 N–H and O–H groups in total. The molecule has 0 aromatic heterocycles. The van der Waals surface area contributed by atoms with Crippen LogP contribution in [-0.2, 0) is 4.79 Å². The quantitative estimate of drug-likeness (QED) is 0.758. The summed E-state index contributed by atoms with van der Waals surface area (Å²) in [6.07, 6.45) is 1.16. The summed E-state index contributed by atoms with van der Waals surface area (Å²) in [7, 11) is 0. The fourth-order valence-electron chi connectivity index (χ4n) is 2.66. The molecule has 2 aromatic rings. The van der Waals surface area contributed by atoms with Crippen LogP contribution in [0, 0.1) is 12.8 Å². The van der Waals surface area contributed by atoms with Crippen molar-refractivity contribution < 1.29 is 14.7 Å². The number of aliphatic hydroxyl groups is 1. The van der Waals surface area contributed by atoms with Crippen LogP contribution < -0.4 is 10.6 Å². The van der Waals surface area contributed by atoms with E-state index in [0.29, 0.717) is 11.3 Å². The van der Waals surface area contributed by atoms with Crippen molar-refractivity contribution in [3.63, 3.8) is 0 Å². The summed E-state index contributed by atoms with van der Waals surface area (Å²) in [5.74, 6) is -0.0721. The monoisotopic (exact) mass is 338 g/mol. The lowest BCUT2D eigenvalue weighted by atomic mass is 10.0. The first-order valence-corrected chi connectivity index (χ1v) is 8.47. The van der Waals surface area contributed by atoms with Crippen molar-refractivity contribution in [3.8, 4) is 0 Å². The van der Waals surface area contributed by atoms with Crippen molar-refractivity contribution in [1.29, 1.82) is 0 Å². The summed E-state index contributed by atoms with van der Waals surface area (Å²) in [6.45, 7) is 2.07. The van der Waals surface area contributed by atoms with Gasteiger partial charge >= 0.3 is 0 Å². The summed E-state index contributed by atoms with van der Waals surface area (Å²) >= 11 is 0. The van der Waals surface area contributed by atoms with Crippen LogP contribution in [0.1, 0.15) is 40.4 Å². The topological polar surface area (TPSA) is 78.4 Å². The molecule has 0 radical (unpaired) electrons. The van der Waals surface area contributed by atoms with Gasteiger partial charge in [0.2, 0.25) is 5.91 Å². The number of carbonyl (C=O) groups excluding carboxylic acids is 2. The first-order chi connectivity index (χ1) is 12.0. The van der Waals surface area contributed by atoms with E-state index in [2.05, 4.69) is 10.6 Å². The Hall–Kier alpha value is -2.66. The van der Waals surface area contributed by atoms with E-state index < -0.39 is 6.10 Å². The highest BCUT2D eigenvalue weighted by Gasteiger charge is 2.29. The predicted octanol–water partition coefficient (Wildman–Crippen LogP) is 2.81. The number of hydrogen-bond donors (Lipinski definition) is 3. The highest BCUT2D eigenvalue weighted by molar-refractivity contribution is 5.96. The van der Waals surface area contributed by atoms with Gasteiger partial charge in [0.05, 0.1) is 6.10 Å². The molecular formula is C20H22N2O3. The minimum Gasteiger partial charge on any atom is -0.387 e. The number of benzene rings is 2. The minimum atomic E-state index is -0.748. The molecule has 1 atom stereocenters. The zero-order valence-electron chi connectivity index (χ0n) is 14.2. The van der Waals surface area contributed by atoms with Gasteiger partial charge in [-0.15, -0.1) is 0 Å². The van der Waals surface area contributed by atoms with Gasteiger partial charge in [0, 0.05) is 23.7 Å². The van der Waals surface area contributed by atoms with E-state index in [0.717, 1.165) is 24.0 Å². The van der Waals surface area contributed by atoms with Gasteiger partial charge in [-0.2, -0.15) is 0 Å². The Bertz CT molecular complexity index is 767. The summed E-state index contributed by atoms with van der Waals surface area (Å²) < 4.78 is 0. The van der Waals surface area contributed by atoms with E-state index in [1.54, 1.807) is 24.3 Å². The molecule has 1 saturated carbocycles. The lowest BCUT2D eigenvalue weighted by Gasteiger charge is -2.14. The molecule has 0 spiro atoms. The van der Waals surface area contributed by atoms with E-state index in [9.17, 15) is 14.7 Å². The Kier molecular flexibility index (Phi) is 5.14. The first-order valence-electron chi connectivity index (χ1n) is 8.47. The zero-order chi connectivity index (χ0) is 17.8. The van der Waals surface area contributed by atoms with Crippen molar-refractivity contribution in [2.45, 2.75) is 25.9 Å². The largest absolute Gasteiger partial charge is 0.387 e.